The summed E-state index contributed by atoms with van der Waals surface area (Å²) in [4.78, 5) is 12.3. The zero-order chi connectivity index (χ0) is 18.2. The van der Waals surface area contributed by atoms with Crippen molar-refractivity contribution in [1.82, 2.24) is 0 Å². The number of nitrogen functional groups attached to an aromatic ring is 1. The Morgan fingerprint density at radius 3 is 2.36 bits per heavy atom. The third kappa shape index (κ3) is 3.74. The smallest absolute Gasteiger partial charge is 0.258 e. The van der Waals surface area contributed by atoms with Gasteiger partial charge in [-0.15, -0.1) is 0 Å². The molecule has 2 aromatic carbocycles. The molecule has 0 fully saturated rings. The Morgan fingerprint density at radius 2 is 1.72 bits per heavy atom. The second-order valence-corrected chi connectivity index (χ2v) is 7.58. The number of hydrogen-bond acceptors (Lipinski definition) is 5. The van der Waals surface area contributed by atoms with Crippen LogP contribution in [0.1, 0.15) is 12.5 Å². The van der Waals surface area contributed by atoms with Crippen LogP contribution < -0.4 is 21.1 Å². The van der Waals surface area contributed by atoms with Gasteiger partial charge in [0.2, 0.25) is 10.0 Å². The molecule has 3 rings (SSSR count). The molecule has 7 nitrogen and oxygen atoms in total. The van der Waals surface area contributed by atoms with Gasteiger partial charge < -0.3 is 16.4 Å². The molecule has 0 atom stereocenters. The molecule has 25 heavy (non-hydrogen) atoms. The molecule has 0 unspecified atom stereocenters. The van der Waals surface area contributed by atoms with Crippen molar-refractivity contribution in [2.45, 2.75) is 6.92 Å². The molecule has 0 aromatic heterocycles. The Labute approximate surface area is 146 Å². The normalized spacial score (nSPS) is 15.4. The van der Waals surface area contributed by atoms with Gasteiger partial charge in [0.15, 0.2) is 0 Å². The number of hydrogen-bond donors (Lipinski definition) is 4. The van der Waals surface area contributed by atoms with Crippen LogP contribution in [-0.2, 0) is 14.8 Å². The SMILES string of the molecule is CC(Nc1ccc(NS(C)(=O)=O)cc1)=C1C(=O)Nc2ccc(N)cc21. The van der Waals surface area contributed by atoms with E-state index >= 15 is 0 Å². The first-order chi connectivity index (χ1) is 11.7. The van der Waals surface area contributed by atoms with Crippen molar-refractivity contribution >= 4 is 44.3 Å². The number of anilines is 4. The molecule has 1 amide bonds. The lowest BCUT2D eigenvalue weighted by molar-refractivity contribution is -0.110. The maximum absolute atomic E-state index is 12.3. The van der Waals surface area contributed by atoms with E-state index in [0.29, 0.717) is 22.6 Å². The number of carbonyl (C=O) groups is 1. The van der Waals surface area contributed by atoms with E-state index in [4.69, 9.17) is 5.73 Å². The first-order valence-electron chi connectivity index (χ1n) is 7.50. The van der Waals surface area contributed by atoms with Crippen LogP contribution >= 0.6 is 0 Å². The van der Waals surface area contributed by atoms with Crippen LogP contribution in [-0.4, -0.2) is 20.6 Å². The van der Waals surface area contributed by atoms with Crippen LogP contribution in [0.2, 0.25) is 0 Å². The third-order valence-electron chi connectivity index (χ3n) is 3.68. The zero-order valence-electron chi connectivity index (χ0n) is 13.8. The molecule has 5 N–H and O–H groups in total. The van der Waals surface area contributed by atoms with Crippen molar-refractivity contribution in [3.8, 4) is 0 Å². The van der Waals surface area contributed by atoms with Gasteiger partial charge in [0, 0.05) is 34.0 Å². The van der Waals surface area contributed by atoms with Crippen molar-refractivity contribution < 1.29 is 13.2 Å². The van der Waals surface area contributed by atoms with Gasteiger partial charge in [0.1, 0.15) is 0 Å². The fraction of sp³-hybridized carbons (Fsp3) is 0.118. The molecule has 2 aromatic rings. The van der Waals surface area contributed by atoms with Crippen molar-refractivity contribution in [3.05, 3.63) is 53.7 Å². The molecular weight excluding hydrogens is 340 g/mol. The number of sulfonamides is 1. The maximum atomic E-state index is 12.3. The average Bonchev–Trinajstić information content (AvgIpc) is 2.83. The van der Waals surface area contributed by atoms with Gasteiger partial charge >= 0.3 is 0 Å². The highest BCUT2D eigenvalue weighted by Crippen LogP contribution is 2.35. The zero-order valence-corrected chi connectivity index (χ0v) is 14.6. The molecular formula is C17H18N4O3S. The molecule has 1 heterocycles. The van der Waals surface area contributed by atoms with Crippen LogP contribution in [0.15, 0.2) is 48.2 Å². The summed E-state index contributed by atoms with van der Waals surface area (Å²) in [5, 5.41) is 5.97. The number of rotatable bonds is 4. The molecule has 0 aliphatic carbocycles. The van der Waals surface area contributed by atoms with E-state index < -0.39 is 10.0 Å². The summed E-state index contributed by atoms with van der Waals surface area (Å²) in [6.45, 7) is 1.80. The summed E-state index contributed by atoms with van der Waals surface area (Å²) in [5.74, 6) is -0.194. The monoisotopic (exact) mass is 358 g/mol. The van der Waals surface area contributed by atoms with Crippen LogP contribution in [0.4, 0.5) is 22.7 Å². The predicted molar refractivity (Wildman–Crippen MR) is 101 cm³/mol. The number of allylic oxidation sites excluding steroid dienone is 1. The third-order valence-corrected chi connectivity index (χ3v) is 4.29. The number of nitrogens with two attached hydrogens (primary N) is 1. The van der Waals surface area contributed by atoms with E-state index in [2.05, 4.69) is 15.4 Å². The van der Waals surface area contributed by atoms with Gasteiger partial charge in [-0.2, -0.15) is 0 Å². The fourth-order valence-electron chi connectivity index (χ4n) is 2.67. The largest absolute Gasteiger partial charge is 0.399 e. The van der Waals surface area contributed by atoms with E-state index in [1.165, 1.54) is 0 Å². The standard InChI is InChI=1S/C17H18N4O3S/c1-10(16-14-9-11(18)3-8-15(14)20-17(16)22)19-12-4-6-13(7-5-12)21-25(2,23)24/h3-9,19,21H,18H2,1-2H3,(H,20,22). The molecule has 0 radical (unpaired) electrons. The molecule has 130 valence electrons. The van der Waals surface area contributed by atoms with Gasteiger partial charge in [0.25, 0.3) is 5.91 Å². The highest BCUT2D eigenvalue weighted by molar-refractivity contribution is 7.92. The van der Waals surface area contributed by atoms with Gasteiger partial charge in [-0.25, -0.2) is 8.42 Å². The molecule has 8 heteroatoms. The second kappa shape index (κ2) is 6.14. The van der Waals surface area contributed by atoms with Crippen molar-refractivity contribution in [1.29, 1.82) is 0 Å². The summed E-state index contributed by atoms with van der Waals surface area (Å²) >= 11 is 0. The summed E-state index contributed by atoms with van der Waals surface area (Å²) in [5.41, 5.74) is 10.3. The highest BCUT2D eigenvalue weighted by Gasteiger charge is 2.26. The summed E-state index contributed by atoms with van der Waals surface area (Å²) in [7, 11) is -3.32. The Balaban J connectivity index is 1.87. The van der Waals surface area contributed by atoms with Crippen LogP contribution in [0.5, 0.6) is 0 Å². The summed E-state index contributed by atoms with van der Waals surface area (Å²) in [6, 6.07) is 12.0. The lowest BCUT2D eigenvalue weighted by Crippen LogP contribution is -2.10. The van der Waals surface area contributed by atoms with Crippen molar-refractivity contribution in [2.75, 3.05) is 27.3 Å². The first kappa shape index (κ1) is 16.8. The van der Waals surface area contributed by atoms with Crippen molar-refractivity contribution in [2.24, 2.45) is 0 Å². The summed E-state index contributed by atoms with van der Waals surface area (Å²) < 4.78 is 24.9. The van der Waals surface area contributed by atoms with Gasteiger partial charge in [-0.05, 0) is 49.4 Å². The molecule has 1 aliphatic heterocycles. The second-order valence-electron chi connectivity index (χ2n) is 5.84. The topological polar surface area (TPSA) is 113 Å². The summed E-state index contributed by atoms with van der Waals surface area (Å²) in [6.07, 6.45) is 1.09. The number of nitrogens with one attached hydrogen (secondary N) is 3. The minimum absolute atomic E-state index is 0.194. The van der Waals surface area contributed by atoms with E-state index in [0.717, 1.165) is 23.2 Å². The van der Waals surface area contributed by atoms with Gasteiger partial charge in [-0.1, -0.05) is 0 Å². The molecule has 0 saturated carbocycles. The van der Waals surface area contributed by atoms with E-state index in [9.17, 15) is 13.2 Å². The Kier molecular flexibility index (Phi) is 4.13. The molecule has 0 saturated heterocycles. The van der Waals surface area contributed by atoms with Crippen LogP contribution in [0.25, 0.3) is 5.57 Å². The first-order valence-corrected chi connectivity index (χ1v) is 9.39. The number of benzene rings is 2. The van der Waals surface area contributed by atoms with Crippen LogP contribution in [0.3, 0.4) is 0 Å². The lowest BCUT2D eigenvalue weighted by Gasteiger charge is -2.11. The minimum atomic E-state index is -3.32. The minimum Gasteiger partial charge on any atom is -0.399 e. The van der Waals surface area contributed by atoms with E-state index in [-0.39, 0.29) is 5.91 Å². The quantitative estimate of drug-likeness (QED) is 0.495. The molecule has 1 aliphatic rings. The number of fused-ring (bicyclic) bond motifs is 1. The molecule has 0 bridgehead atoms. The predicted octanol–water partition coefficient (Wildman–Crippen LogP) is 2.44. The Morgan fingerprint density at radius 1 is 1.08 bits per heavy atom. The van der Waals surface area contributed by atoms with Crippen LogP contribution in [0, 0.1) is 0 Å². The van der Waals surface area contributed by atoms with E-state index in [1.807, 2.05) is 0 Å². The Bertz CT molecular complexity index is 979. The lowest BCUT2D eigenvalue weighted by atomic mass is 10.0. The average molecular weight is 358 g/mol. The van der Waals surface area contributed by atoms with Gasteiger partial charge in [0.05, 0.1) is 11.8 Å². The molecule has 0 spiro atoms. The number of amides is 1. The van der Waals surface area contributed by atoms with Crippen molar-refractivity contribution in [3.63, 3.8) is 0 Å². The highest BCUT2D eigenvalue weighted by atomic mass is 32.2. The fourth-order valence-corrected chi connectivity index (χ4v) is 3.24. The van der Waals surface area contributed by atoms with E-state index in [1.54, 1.807) is 49.4 Å². The number of carbonyl (C=O) groups excluding carboxylic acids is 1. The Hall–Kier alpha value is -3.00. The maximum Gasteiger partial charge on any atom is 0.258 e. The van der Waals surface area contributed by atoms with Gasteiger partial charge in [-0.3, -0.25) is 9.52 Å².